The van der Waals surface area contributed by atoms with Crippen LogP contribution in [0.2, 0.25) is 0 Å². The van der Waals surface area contributed by atoms with E-state index in [9.17, 15) is 9.59 Å². The molecule has 2 amide bonds. The molecule has 1 saturated heterocycles. The number of carbonyl (C=O) groups is 2. The van der Waals surface area contributed by atoms with E-state index in [1.54, 1.807) is 18.2 Å². The summed E-state index contributed by atoms with van der Waals surface area (Å²) in [6.07, 6.45) is 3.51. The van der Waals surface area contributed by atoms with E-state index in [0.29, 0.717) is 18.7 Å². The van der Waals surface area contributed by atoms with Crippen molar-refractivity contribution in [3.05, 3.63) is 35.9 Å². The standard InChI is InChI=1S/C13H15N3O2/c14-10-4-1-9(2-5-10)3-6-12(17)16-11-7-13(18)15-8-11/h1-6,11H,7-8,14H2,(H,15,18)(H,16,17)/b6-3+. The lowest BCUT2D eigenvalue weighted by atomic mass is 10.2. The lowest BCUT2D eigenvalue weighted by molar-refractivity contribution is -0.119. The summed E-state index contributed by atoms with van der Waals surface area (Å²) >= 11 is 0. The van der Waals surface area contributed by atoms with Crippen molar-refractivity contribution in [1.82, 2.24) is 10.6 Å². The second-order valence-electron chi connectivity index (χ2n) is 4.21. The van der Waals surface area contributed by atoms with Crippen molar-refractivity contribution in [2.45, 2.75) is 12.5 Å². The second-order valence-corrected chi connectivity index (χ2v) is 4.21. The number of rotatable bonds is 3. The molecule has 94 valence electrons. The molecule has 0 radical (unpaired) electrons. The fourth-order valence-corrected chi connectivity index (χ4v) is 1.74. The van der Waals surface area contributed by atoms with Gasteiger partial charge in [-0.15, -0.1) is 0 Å². The molecule has 0 bridgehead atoms. The molecule has 4 N–H and O–H groups in total. The average molecular weight is 245 g/mol. The summed E-state index contributed by atoms with van der Waals surface area (Å²) in [5.74, 6) is -0.226. The molecular formula is C13H15N3O2. The molecule has 0 saturated carbocycles. The molecule has 0 aliphatic carbocycles. The van der Waals surface area contributed by atoms with Crippen molar-refractivity contribution in [2.75, 3.05) is 12.3 Å². The predicted molar refractivity (Wildman–Crippen MR) is 69.4 cm³/mol. The zero-order valence-corrected chi connectivity index (χ0v) is 9.85. The predicted octanol–water partition coefficient (Wildman–Crippen LogP) is 0.287. The summed E-state index contributed by atoms with van der Waals surface area (Å²) in [7, 11) is 0. The van der Waals surface area contributed by atoms with Gasteiger partial charge in [0.25, 0.3) is 0 Å². The van der Waals surface area contributed by atoms with Gasteiger partial charge in [-0.25, -0.2) is 0 Å². The molecule has 1 unspecified atom stereocenters. The normalized spacial score (nSPS) is 18.9. The van der Waals surface area contributed by atoms with Crippen molar-refractivity contribution in [1.29, 1.82) is 0 Å². The molecular weight excluding hydrogens is 230 g/mol. The Morgan fingerprint density at radius 3 is 2.72 bits per heavy atom. The highest BCUT2D eigenvalue weighted by Gasteiger charge is 2.21. The van der Waals surface area contributed by atoms with E-state index in [-0.39, 0.29) is 17.9 Å². The van der Waals surface area contributed by atoms with E-state index in [2.05, 4.69) is 10.6 Å². The molecule has 2 rings (SSSR count). The Hall–Kier alpha value is -2.30. The van der Waals surface area contributed by atoms with Crippen LogP contribution in [0.5, 0.6) is 0 Å². The van der Waals surface area contributed by atoms with Crippen LogP contribution >= 0.6 is 0 Å². The molecule has 1 heterocycles. The van der Waals surface area contributed by atoms with Crippen LogP contribution in [0.1, 0.15) is 12.0 Å². The molecule has 1 fully saturated rings. The minimum atomic E-state index is -0.201. The Morgan fingerprint density at radius 1 is 1.39 bits per heavy atom. The number of nitrogen functional groups attached to an aromatic ring is 1. The molecule has 1 aromatic carbocycles. The first-order chi connectivity index (χ1) is 8.63. The van der Waals surface area contributed by atoms with Crippen molar-refractivity contribution < 1.29 is 9.59 Å². The van der Waals surface area contributed by atoms with E-state index >= 15 is 0 Å². The van der Waals surface area contributed by atoms with E-state index in [1.165, 1.54) is 6.08 Å². The fourth-order valence-electron chi connectivity index (χ4n) is 1.74. The summed E-state index contributed by atoms with van der Waals surface area (Å²) < 4.78 is 0. The van der Waals surface area contributed by atoms with Gasteiger partial charge in [0.05, 0.1) is 6.04 Å². The largest absolute Gasteiger partial charge is 0.399 e. The molecule has 1 aliphatic heterocycles. The van der Waals surface area contributed by atoms with Crippen LogP contribution in [-0.4, -0.2) is 24.4 Å². The molecule has 1 aliphatic rings. The molecule has 0 aromatic heterocycles. The SMILES string of the molecule is Nc1ccc(/C=C/C(=O)NC2CNC(=O)C2)cc1. The zero-order chi connectivity index (χ0) is 13.0. The van der Waals surface area contributed by atoms with Gasteiger partial charge < -0.3 is 16.4 Å². The van der Waals surface area contributed by atoms with Crippen molar-refractivity contribution in [3.8, 4) is 0 Å². The van der Waals surface area contributed by atoms with Crippen LogP contribution in [0.25, 0.3) is 6.08 Å². The third kappa shape index (κ3) is 3.35. The number of nitrogens with two attached hydrogens (primary N) is 1. The summed E-state index contributed by atoms with van der Waals surface area (Å²) in [6.45, 7) is 0.500. The molecule has 5 heteroatoms. The highest BCUT2D eigenvalue weighted by atomic mass is 16.2. The van der Waals surface area contributed by atoms with Crippen molar-refractivity contribution >= 4 is 23.6 Å². The Bertz CT molecular complexity index is 480. The third-order valence-electron chi connectivity index (χ3n) is 2.69. The maximum absolute atomic E-state index is 11.6. The minimum Gasteiger partial charge on any atom is -0.399 e. The Kier molecular flexibility index (Phi) is 3.62. The summed E-state index contributed by atoms with van der Waals surface area (Å²) in [5.41, 5.74) is 7.15. The second kappa shape index (κ2) is 5.35. The van der Waals surface area contributed by atoms with Crippen LogP contribution in [0, 0.1) is 0 Å². The number of hydrogen-bond acceptors (Lipinski definition) is 3. The summed E-state index contributed by atoms with van der Waals surface area (Å²) in [5, 5.41) is 5.42. The maximum Gasteiger partial charge on any atom is 0.244 e. The minimum absolute atomic E-state index is 0.0252. The van der Waals surface area contributed by atoms with Crippen molar-refractivity contribution in [3.63, 3.8) is 0 Å². The summed E-state index contributed by atoms with van der Waals surface area (Å²) in [4.78, 5) is 22.5. The topological polar surface area (TPSA) is 84.2 Å². The van der Waals surface area contributed by atoms with E-state index in [4.69, 9.17) is 5.73 Å². The van der Waals surface area contributed by atoms with Gasteiger partial charge in [-0.3, -0.25) is 9.59 Å². The lowest BCUT2D eigenvalue weighted by Gasteiger charge is -2.07. The van der Waals surface area contributed by atoms with Crippen LogP contribution < -0.4 is 16.4 Å². The number of anilines is 1. The number of nitrogens with one attached hydrogen (secondary N) is 2. The van der Waals surface area contributed by atoms with Crippen LogP contribution in [0.3, 0.4) is 0 Å². The molecule has 1 atom stereocenters. The van der Waals surface area contributed by atoms with Crippen molar-refractivity contribution in [2.24, 2.45) is 0 Å². The first-order valence-electron chi connectivity index (χ1n) is 5.74. The number of amides is 2. The zero-order valence-electron chi connectivity index (χ0n) is 9.85. The number of carbonyl (C=O) groups excluding carboxylic acids is 2. The number of benzene rings is 1. The first-order valence-corrected chi connectivity index (χ1v) is 5.74. The Balaban J connectivity index is 1.87. The van der Waals surface area contributed by atoms with Gasteiger partial charge in [-0.1, -0.05) is 12.1 Å². The van der Waals surface area contributed by atoms with Gasteiger partial charge in [-0.05, 0) is 23.8 Å². The highest BCUT2D eigenvalue weighted by Crippen LogP contribution is 2.07. The van der Waals surface area contributed by atoms with Gasteiger partial charge >= 0.3 is 0 Å². The molecule has 18 heavy (non-hydrogen) atoms. The van der Waals surface area contributed by atoms with Gasteiger partial charge in [-0.2, -0.15) is 0 Å². The highest BCUT2D eigenvalue weighted by molar-refractivity contribution is 5.92. The van der Waals surface area contributed by atoms with Gasteiger partial charge in [0.15, 0.2) is 0 Å². The average Bonchev–Trinajstić information content (AvgIpc) is 2.74. The Labute approximate surface area is 105 Å². The van der Waals surface area contributed by atoms with E-state index in [0.717, 1.165) is 5.56 Å². The molecule has 1 aromatic rings. The maximum atomic E-state index is 11.6. The smallest absolute Gasteiger partial charge is 0.244 e. The lowest BCUT2D eigenvalue weighted by Crippen LogP contribution is -2.34. The van der Waals surface area contributed by atoms with Gasteiger partial charge in [0, 0.05) is 24.7 Å². The van der Waals surface area contributed by atoms with Crippen LogP contribution in [-0.2, 0) is 9.59 Å². The van der Waals surface area contributed by atoms with Gasteiger partial charge in [0.1, 0.15) is 0 Å². The van der Waals surface area contributed by atoms with E-state index < -0.39 is 0 Å². The number of hydrogen-bond donors (Lipinski definition) is 3. The fraction of sp³-hybridized carbons (Fsp3) is 0.231. The first kappa shape index (κ1) is 12.2. The van der Waals surface area contributed by atoms with Gasteiger partial charge in [0.2, 0.25) is 11.8 Å². The monoisotopic (exact) mass is 245 g/mol. The van der Waals surface area contributed by atoms with E-state index in [1.807, 2.05) is 12.1 Å². The van der Waals surface area contributed by atoms with Crippen LogP contribution in [0.4, 0.5) is 5.69 Å². The Morgan fingerprint density at radius 2 is 2.11 bits per heavy atom. The molecule has 0 spiro atoms. The third-order valence-corrected chi connectivity index (χ3v) is 2.69. The summed E-state index contributed by atoms with van der Waals surface area (Å²) in [6, 6.07) is 7.11. The quantitative estimate of drug-likeness (QED) is 0.528. The molecule has 5 nitrogen and oxygen atoms in total. The van der Waals surface area contributed by atoms with Crippen LogP contribution in [0.15, 0.2) is 30.3 Å².